The van der Waals surface area contributed by atoms with E-state index in [9.17, 15) is 14.4 Å². The highest BCUT2D eigenvalue weighted by Gasteiger charge is 2.07. The number of rotatable bonds is 12. The highest BCUT2D eigenvalue weighted by molar-refractivity contribution is 6.04. The quantitative estimate of drug-likeness (QED) is 0.191. The second-order valence-electron chi connectivity index (χ2n) is 8.11. The number of benzene rings is 2. The van der Waals surface area contributed by atoms with Crippen LogP contribution in [0.4, 0.5) is 0 Å². The number of Topliss-reactive ketones (excluding diaryl/α,β-unsaturated/α-hetero) is 2. The molecule has 0 N–H and O–H groups in total. The minimum Gasteiger partial charge on any atom is -0.485 e. The summed E-state index contributed by atoms with van der Waals surface area (Å²) in [5.74, 6) is 0.629. The maximum atomic E-state index is 12.2. The van der Waals surface area contributed by atoms with Gasteiger partial charge in [-0.05, 0) is 71.8 Å². The van der Waals surface area contributed by atoms with Crippen LogP contribution in [-0.4, -0.2) is 40.5 Å². The van der Waals surface area contributed by atoms with Crippen molar-refractivity contribution in [2.24, 2.45) is 0 Å². The van der Waals surface area contributed by atoms with Gasteiger partial charge in [0.2, 0.25) is 11.6 Å². The van der Waals surface area contributed by atoms with Crippen LogP contribution in [-0.2, 0) is 4.79 Å². The molecular weight excluding hydrogens is 480 g/mol. The zero-order chi connectivity index (χ0) is 26.6. The molecule has 2 heterocycles. The molecule has 4 rings (SSSR count). The van der Waals surface area contributed by atoms with Crippen LogP contribution in [0.25, 0.3) is 12.2 Å². The Kier molecular flexibility index (Phi) is 9.02. The molecule has 0 aliphatic rings. The van der Waals surface area contributed by atoms with Crippen molar-refractivity contribution in [3.63, 3.8) is 0 Å². The van der Waals surface area contributed by atoms with Gasteiger partial charge >= 0.3 is 0 Å². The van der Waals surface area contributed by atoms with Crippen molar-refractivity contribution in [1.82, 2.24) is 9.97 Å². The number of carbonyl (C=O) groups excluding carboxylic acids is 3. The van der Waals surface area contributed by atoms with Gasteiger partial charge in [-0.1, -0.05) is 36.4 Å². The van der Waals surface area contributed by atoms with Crippen molar-refractivity contribution in [2.75, 3.05) is 13.2 Å². The Hall–Kier alpha value is -5.17. The van der Waals surface area contributed by atoms with E-state index in [1.54, 1.807) is 97.3 Å². The molecule has 0 fully saturated rings. The lowest BCUT2D eigenvalue weighted by molar-refractivity contribution is -0.110. The Bertz CT molecular complexity index is 1320. The van der Waals surface area contributed by atoms with Crippen LogP contribution in [0.15, 0.2) is 110 Å². The summed E-state index contributed by atoms with van der Waals surface area (Å²) in [5, 5.41) is 0. The first-order valence-electron chi connectivity index (χ1n) is 11.8. The fourth-order valence-electron chi connectivity index (χ4n) is 3.28. The van der Waals surface area contributed by atoms with Gasteiger partial charge in [0, 0.05) is 35.9 Å². The van der Waals surface area contributed by atoms with E-state index >= 15 is 0 Å². The Morgan fingerprint density at radius 2 is 1.03 bits per heavy atom. The number of carbonyl (C=O) groups is 3. The minimum absolute atomic E-state index is 0.0825. The summed E-state index contributed by atoms with van der Waals surface area (Å²) >= 11 is 0. The van der Waals surface area contributed by atoms with Gasteiger partial charge in [-0.15, -0.1) is 0 Å². The van der Waals surface area contributed by atoms with Crippen LogP contribution < -0.4 is 9.47 Å². The van der Waals surface area contributed by atoms with Crippen molar-refractivity contribution in [3.8, 4) is 11.5 Å². The van der Waals surface area contributed by atoms with Crippen LogP contribution in [0.5, 0.6) is 11.5 Å². The average Bonchev–Trinajstić information content (AvgIpc) is 2.98. The monoisotopic (exact) mass is 504 g/mol. The smallest absolute Gasteiger partial charge is 0.201 e. The molecule has 7 nitrogen and oxygen atoms in total. The normalized spacial score (nSPS) is 10.9. The van der Waals surface area contributed by atoms with Gasteiger partial charge in [0.05, 0.1) is 0 Å². The molecule has 7 heteroatoms. The molecule has 0 saturated heterocycles. The SMILES string of the molecule is O=C(/C=C/c1ccc(OCC(=O)c2cccnc2)cc1)/C=C/c1ccc(OCC(=O)c2cccnc2)cc1. The molecule has 0 bridgehead atoms. The standard InChI is InChI=1S/C31H24N2O5/c34-27(11-5-23-7-13-28(14-8-23)37-21-30(35)25-3-1-17-32-19-25)12-6-24-9-15-29(16-10-24)38-22-31(36)26-4-2-18-33-20-26/h1-20H,21-22H2/b11-5+,12-6+. The molecule has 0 saturated carbocycles. The van der Waals surface area contributed by atoms with Crippen LogP contribution in [0.1, 0.15) is 31.8 Å². The summed E-state index contributed by atoms with van der Waals surface area (Å²) in [4.78, 5) is 44.3. The first kappa shape index (κ1) is 25.9. The van der Waals surface area contributed by atoms with Crippen molar-refractivity contribution in [3.05, 3.63) is 132 Å². The van der Waals surface area contributed by atoms with E-state index in [0.29, 0.717) is 22.6 Å². The Labute approximate surface area is 220 Å². The summed E-state index contributed by atoms with van der Waals surface area (Å²) in [6.07, 6.45) is 12.6. The number of ketones is 3. The van der Waals surface area contributed by atoms with Gasteiger partial charge in [0.25, 0.3) is 0 Å². The zero-order valence-corrected chi connectivity index (χ0v) is 20.4. The van der Waals surface area contributed by atoms with E-state index in [2.05, 4.69) is 9.97 Å². The Balaban J connectivity index is 1.22. The number of pyridine rings is 2. The average molecular weight is 505 g/mol. The summed E-state index contributed by atoms with van der Waals surface area (Å²) in [6.45, 7) is -0.165. The number of aromatic nitrogens is 2. The van der Waals surface area contributed by atoms with Crippen LogP contribution in [0, 0.1) is 0 Å². The maximum absolute atomic E-state index is 12.2. The summed E-state index contributed by atoms with van der Waals surface area (Å²) in [7, 11) is 0. The second kappa shape index (κ2) is 13.2. The lowest BCUT2D eigenvalue weighted by atomic mass is 10.1. The first-order valence-corrected chi connectivity index (χ1v) is 11.8. The van der Waals surface area contributed by atoms with Gasteiger partial charge in [-0.3, -0.25) is 24.4 Å². The highest BCUT2D eigenvalue weighted by atomic mass is 16.5. The lowest BCUT2D eigenvalue weighted by Crippen LogP contribution is -2.11. The molecule has 38 heavy (non-hydrogen) atoms. The van der Waals surface area contributed by atoms with Gasteiger partial charge in [-0.25, -0.2) is 0 Å². The number of ether oxygens (including phenoxy) is 2. The maximum Gasteiger partial charge on any atom is 0.201 e. The molecule has 2 aromatic carbocycles. The third-order valence-corrected chi connectivity index (χ3v) is 5.35. The summed E-state index contributed by atoms with van der Waals surface area (Å²) in [6, 6.07) is 21.0. The predicted octanol–water partition coefficient (Wildman–Crippen LogP) is 5.30. The number of nitrogens with zero attached hydrogens (tertiary/aromatic N) is 2. The van der Waals surface area contributed by atoms with Gasteiger partial charge in [0.15, 0.2) is 19.0 Å². The van der Waals surface area contributed by atoms with Gasteiger partial charge < -0.3 is 9.47 Å². The molecule has 2 aromatic heterocycles. The van der Waals surface area contributed by atoms with Crippen molar-refractivity contribution < 1.29 is 23.9 Å². The molecule has 0 spiro atoms. The van der Waals surface area contributed by atoms with Crippen molar-refractivity contribution in [1.29, 1.82) is 0 Å². The van der Waals surface area contributed by atoms with Gasteiger partial charge in [-0.2, -0.15) is 0 Å². The van der Waals surface area contributed by atoms with E-state index in [4.69, 9.17) is 9.47 Å². The van der Waals surface area contributed by atoms with E-state index in [1.807, 2.05) is 0 Å². The predicted molar refractivity (Wildman–Crippen MR) is 144 cm³/mol. The number of hydrogen-bond donors (Lipinski definition) is 0. The molecule has 0 aliphatic carbocycles. The molecular formula is C31H24N2O5. The lowest BCUT2D eigenvalue weighted by Gasteiger charge is -2.05. The van der Waals surface area contributed by atoms with Crippen LogP contribution in [0.3, 0.4) is 0 Å². The second-order valence-corrected chi connectivity index (χ2v) is 8.11. The molecule has 0 atom stereocenters. The van der Waals surface area contributed by atoms with Gasteiger partial charge in [0.1, 0.15) is 11.5 Å². The summed E-state index contributed by atoms with van der Waals surface area (Å²) < 4.78 is 11.1. The third-order valence-electron chi connectivity index (χ3n) is 5.35. The van der Waals surface area contributed by atoms with Crippen molar-refractivity contribution in [2.45, 2.75) is 0 Å². The molecule has 0 unspecified atom stereocenters. The Morgan fingerprint density at radius 3 is 1.39 bits per heavy atom. The summed E-state index contributed by atoms with van der Waals surface area (Å²) in [5.41, 5.74) is 2.63. The number of allylic oxidation sites excluding steroid dienone is 2. The minimum atomic E-state index is -0.171. The third kappa shape index (κ3) is 7.93. The Morgan fingerprint density at radius 1 is 0.605 bits per heavy atom. The fourth-order valence-corrected chi connectivity index (χ4v) is 3.28. The molecule has 0 radical (unpaired) electrons. The van der Waals surface area contributed by atoms with E-state index in [-0.39, 0.29) is 30.6 Å². The molecule has 0 aliphatic heterocycles. The fraction of sp³-hybridized carbons (Fsp3) is 0.0645. The highest BCUT2D eigenvalue weighted by Crippen LogP contribution is 2.15. The molecule has 0 amide bonds. The first-order chi connectivity index (χ1) is 18.6. The van der Waals surface area contributed by atoms with E-state index in [1.165, 1.54) is 24.5 Å². The van der Waals surface area contributed by atoms with E-state index < -0.39 is 0 Å². The topological polar surface area (TPSA) is 95.5 Å². The van der Waals surface area contributed by atoms with Crippen LogP contribution >= 0.6 is 0 Å². The van der Waals surface area contributed by atoms with E-state index in [0.717, 1.165) is 11.1 Å². The van der Waals surface area contributed by atoms with Crippen molar-refractivity contribution >= 4 is 29.5 Å². The molecule has 4 aromatic rings. The largest absolute Gasteiger partial charge is 0.485 e. The van der Waals surface area contributed by atoms with Crippen LogP contribution in [0.2, 0.25) is 0 Å². The molecule has 188 valence electrons. The zero-order valence-electron chi connectivity index (χ0n) is 20.4. The number of hydrogen-bond acceptors (Lipinski definition) is 7.